The third kappa shape index (κ3) is 2.73. The van der Waals surface area contributed by atoms with Gasteiger partial charge in [-0.3, -0.25) is 0 Å². The van der Waals surface area contributed by atoms with E-state index in [4.69, 9.17) is 17.3 Å². The van der Waals surface area contributed by atoms with Crippen molar-refractivity contribution in [1.82, 2.24) is 0 Å². The van der Waals surface area contributed by atoms with Crippen molar-refractivity contribution < 1.29 is 0 Å². The summed E-state index contributed by atoms with van der Waals surface area (Å²) in [6, 6.07) is 8.60. The van der Waals surface area contributed by atoms with Crippen LogP contribution in [0.3, 0.4) is 0 Å². The molecule has 0 spiro atoms. The van der Waals surface area contributed by atoms with Gasteiger partial charge in [-0.25, -0.2) is 0 Å². The Labute approximate surface area is 116 Å². The van der Waals surface area contributed by atoms with Crippen LogP contribution >= 0.6 is 11.6 Å². The molecule has 0 heterocycles. The number of halogens is 1. The average molecular weight is 266 g/mol. The van der Waals surface area contributed by atoms with Gasteiger partial charge in [0.05, 0.1) is 0 Å². The smallest absolute Gasteiger partial charge is 0.0406 e. The Balaban J connectivity index is 2.12. The Morgan fingerprint density at radius 2 is 1.78 bits per heavy atom. The SMILES string of the molecule is CC(C)CC[C@H](N)C1(c2ccc(Cl)cc2)CCC1. The van der Waals surface area contributed by atoms with E-state index in [1.807, 2.05) is 12.1 Å². The molecule has 0 aliphatic heterocycles. The normalized spacial score (nSPS) is 19.6. The van der Waals surface area contributed by atoms with Crippen LogP contribution in [0, 0.1) is 5.92 Å². The standard InChI is InChI=1S/C16H24ClN/c1-12(2)4-9-15(18)16(10-3-11-16)13-5-7-14(17)8-6-13/h5-8,12,15H,3-4,9-11,18H2,1-2H3/t15-/m0/s1. The van der Waals surface area contributed by atoms with Gasteiger partial charge in [-0.15, -0.1) is 0 Å². The lowest BCUT2D eigenvalue weighted by atomic mass is 9.59. The molecule has 0 saturated heterocycles. The zero-order valence-corrected chi connectivity index (χ0v) is 12.2. The highest BCUT2D eigenvalue weighted by atomic mass is 35.5. The molecule has 100 valence electrons. The van der Waals surface area contributed by atoms with Gasteiger partial charge in [0.2, 0.25) is 0 Å². The summed E-state index contributed by atoms with van der Waals surface area (Å²) < 4.78 is 0. The molecule has 1 nitrogen and oxygen atoms in total. The summed E-state index contributed by atoms with van der Waals surface area (Å²) in [6.45, 7) is 4.53. The minimum Gasteiger partial charge on any atom is -0.327 e. The van der Waals surface area contributed by atoms with Crippen molar-refractivity contribution >= 4 is 11.6 Å². The molecule has 1 aliphatic rings. The Morgan fingerprint density at radius 3 is 2.22 bits per heavy atom. The quantitative estimate of drug-likeness (QED) is 0.832. The Hall–Kier alpha value is -0.530. The van der Waals surface area contributed by atoms with E-state index in [1.165, 1.54) is 31.2 Å². The average Bonchev–Trinajstić information content (AvgIpc) is 2.27. The summed E-state index contributed by atoms with van der Waals surface area (Å²) in [5.41, 5.74) is 8.10. The van der Waals surface area contributed by atoms with Gasteiger partial charge < -0.3 is 5.73 Å². The van der Waals surface area contributed by atoms with E-state index in [2.05, 4.69) is 26.0 Å². The van der Waals surface area contributed by atoms with Crippen molar-refractivity contribution in [3.8, 4) is 0 Å². The van der Waals surface area contributed by atoms with Crippen LogP contribution in [-0.2, 0) is 5.41 Å². The highest BCUT2D eigenvalue weighted by Crippen LogP contribution is 2.47. The maximum Gasteiger partial charge on any atom is 0.0406 e. The van der Waals surface area contributed by atoms with Crippen molar-refractivity contribution in [3.05, 3.63) is 34.9 Å². The summed E-state index contributed by atoms with van der Waals surface area (Å²) in [7, 11) is 0. The Morgan fingerprint density at radius 1 is 1.17 bits per heavy atom. The minimum absolute atomic E-state index is 0.222. The van der Waals surface area contributed by atoms with E-state index in [9.17, 15) is 0 Å². The molecule has 1 aliphatic carbocycles. The Bertz CT molecular complexity index is 379. The lowest BCUT2D eigenvalue weighted by Gasteiger charge is -2.47. The molecule has 0 bridgehead atoms. The summed E-state index contributed by atoms with van der Waals surface area (Å²) in [5, 5.41) is 0.809. The summed E-state index contributed by atoms with van der Waals surface area (Å²) >= 11 is 5.97. The molecule has 18 heavy (non-hydrogen) atoms. The molecule has 2 N–H and O–H groups in total. The number of hydrogen-bond donors (Lipinski definition) is 1. The van der Waals surface area contributed by atoms with Gasteiger partial charge in [0.1, 0.15) is 0 Å². The van der Waals surface area contributed by atoms with E-state index >= 15 is 0 Å². The number of benzene rings is 1. The molecule has 1 aromatic carbocycles. The maximum atomic E-state index is 6.50. The molecular weight excluding hydrogens is 242 g/mol. The first-order valence-corrected chi connectivity index (χ1v) is 7.44. The number of nitrogens with two attached hydrogens (primary N) is 1. The lowest BCUT2D eigenvalue weighted by Crippen LogP contribution is -2.50. The first-order chi connectivity index (χ1) is 8.54. The van der Waals surface area contributed by atoms with E-state index < -0.39 is 0 Å². The predicted molar refractivity (Wildman–Crippen MR) is 79.0 cm³/mol. The molecule has 0 amide bonds. The van der Waals surface area contributed by atoms with Crippen molar-refractivity contribution in [2.75, 3.05) is 0 Å². The zero-order chi connectivity index (χ0) is 13.2. The second-order valence-electron chi connectivity index (χ2n) is 6.09. The van der Waals surface area contributed by atoms with Crippen LogP contribution in [-0.4, -0.2) is 6.04 Å². The van der Waals surface area contributed by atoms with Gasteiger partial charge in [0.15, 0.2) is 0 Å². The van der Waals surface area contributed by atoms with E-state index in [-0.39, 0.29) is 11.5 Å². The second-order valence-corrected chi connectivity index (χ2v) is 6.53. The molecule has 1 aromatic rings. The van der Waals surface area contributed by atoms with Gasteiger partial charge in [0, 0.05) is 16.5 Å². The Kier molecular flexibility index (Phi) is 4.34. The van der Waals surface area contributed by atoms with Crippen molar-refractivity contribution in [2.24, 2.45) is 11.7 Å². The fraction of sp³-hybridized carbons (Fsp3) is 0.625. The molecular formula is C16H24ClN. The van der Waals surface area contributed by atoms with Gasteiger partial charge >= 0.3 is 0 Å². The van der Waals surface area contributed by atoms with Gasteiger partial charge in [-0.05, 0) is 49.3 Å². The van der Waals surface area contributed by atoms with E-state index in [0.717, 1.165) is 17.4 Å². The van der Waals surface area contributed by atoms with Crippen LogP contribution in [0.2, 0.25) is 5.02 Å². The molecule has 2 heteroatoms. The topological polar surface area (TPSA) is 26.0 Å². The molecule has 2 rings (SSSR count). The number of hydrogen-bond acceptors (Lipinski definition) is 1. The summed E-state index contributed by atoms with van der Waals surface area (Å²) in [6.07, 6.45) is 6.11. The molecule has 1 atom stereocenters. The number of rotatable bonds is 5. The van der Waals surface area contributed by atoms with Crippen LogP contribution in [0.15, 0.2) is 24.3 Å². The summed E-state index contributed by atoms with van der Waals surface area (Å²) in [5.74, 6) is 0.735. The molecule has 1 saturated carbocycles. The van der Waals surface area contributed by atoms with Crippen molar-refractivity contribution in [3.63, 3.8) is 0 Å². The van der Waals surface area contributed by atoms with Gasteiger partial charge in [-0.2, -0.15) is 0 Å². The monoisotopic (exact) mass is 265 g/mol. The van der Waals surface area contributed by atoms with Crippen molar-refractivity contribution in [1.29, 1.82) is 0 Å². The fourth-order valence-corrected chi connectivity index (χ4v) is 3.13. The minimum atomic E-state index is 0.222. The van der Waals surface area contributed by atoms with Crippen LogP contribution < -0.4 is 5.73 Å². The van der Waals surface area contributed by atoms with Crippen LogP contribution in [0.4, 0.5) is 0 Å². The van der Waals surface area contributed by atoms with E-state index in [0.29, 0.717) is 0 Å². The lowest BCUT2D eigenvalue weighted by molar-refractivity contribution is 0.183. The maximum absolute atomic E-state index is 6.50. The molecule has 0 unspecified atom stereocenters. The van der Waals surface area contributed by atoms with Crippen molar-refractivity contribution in [2.45, 2.75) is 57.4 Å². The first kappa shape index (κ1) is 13.9. The van der Waals surface area contributed by atoms with Gasteiger partial charge in [-0.1, -0.05) is 44.0 Å². The highest BCUT2D eigenvalue weighted by molar-refractivity contribution is 6.30. The fourth-order valence-electron chi connectivity index (χ4n) is 3.00. The van der Waals surface area contributed by atoms with Crippen LogP contribution in [0.25, 0.3) is 0 Å². The predicted octanol–water partition coefficient (Wildman–Crippen LogP) is 4.53. The first-order valence-electron chi connectivity index (χ1n) is 7.06. The van der Waals surface area contributed by atoms with Crippen LogP contribution in [0.5, 0.6) is 0 Å². The third-order valence-electron chi connectivity index (χ3n) is 4.43. The highest BCUT2D eigenvalue weighted by Gasteiger charge is 2.43. The zero-order valence-electron chi connectivity index (χ0n) is 11.5. The molecule has 0 aromatic heterocycles. The summed E-state index contributed by atoms with van der Waals surface area (Å²) in [4.78, 5) is 0. The van der Waals surface area contributed by atoms with E-state index in [1.54, 1.807) is 0 Å². The third-order valence-corrected chi connectivity index (χ3v) is 4.68. The largest absolute Gasteiger partial charge is 0.327 e. The van der Waals surface area contributed by atoms with Gasteiger partial charge in [0.25, 0.3) is 0 Å². The molecule has 1 fully saturated rings. The second kappa shape index (κ2) is 5.63. The van der Waals surface area contributed by atoms with Crippen LogP contribution in [0.1, 0.15) is 51.5 Å². The molecule has 0 radical (unpaired) electrons.